The Balaban J connectivity index is 1.95. The van der Waals surface area contributed by atoms with Crippen LogP contribution in [-0.2, 0) is 9.53 Å². The van der Waals surface area contributed by atoms with Gasteiger partial charge in [0, 0.05) is 0 Å². The first-order valence-electron chi connectivity index (χ1n) is 8.20. The summed E-state index contributed by atoms with van der Waals surface area (Å²) < 4.78 is 15.9. The molecule has 0 aliphatic rings. The number of methoxy groups -OCH3 is 1. The van der Waals surface area contributed by atoms with Crippen molar-refractivity contribution in [3.05, 3.63) is 40.8 Å². The molecule has 8 heteroatoms. The maximum Gasteiger partial charge on any atom is 0.338 e. The highest BCUT2D eigenvalue weighted by Crippen LogP contribution is 2.29. The first-order chi connectivity index (χ1) is 12.9. The molecule has 0 aliphatic heterocycles. The Hall–Kier alpha value is -3.05. The van der Waals surface area contributed by atoms with Crippen molar-refractivity contribution in [3.63, 3.8) is 0 Å². The van der Waals surface area contributed by atoms with E-state index in [0.29, 0.717) is 34.6 Å². The van der Waals surface area contributed by atoms with Crippen molar-refractivity contribution in [2.75, 3.05) is 25.6 Å². The molecule has 0 atom stereocenters. The van der Waals surface area contributed by atoms with Crippen LogP contribution < -0.4 is 14.8 Å². The van der Waals surface area contributed by atoms with Crippen LogP contribution in [0.4, 0.5) is 5.00 Å². The zero-order valence-electron chi connectivity index (χ0n) is 15.3. The van der Waals surface area contributed by atoms with E-state index in [1.165, 1.54) is 24.5 Å². The molecule has 0 radical (unpaired) electrons. The first kappa shape index (κ1) is 20.3. The predicted molar refractivity (Wildman–Crippen MR) is 101 cm³/mol. The second-order valence-electron chi connectivity index (χ2n) is 5.97. The molecule has 0 saturated heterocycles. The Labute approximate surface area is 161 Å². The minimum Gasteiger partial charge on any atom is -0.493 e. The topological polar surface area (TPSA) is 97.6 Å². The smallest absolute Gasteiger partial charge is 0.338 e. The van der Waals surface area contributed by atoms with Crippen LogP contribution in [-0.4, -0.2) is 32.2 Å². The van der Waals surface area contributed by atoms with Crippen molar-refractivity contribution in [1.82, 2.24) is 0 Å². The fourth-order valence-corrected chi connectivity index (χ4v) is 2.80. The minimum atomic E-state index is -0.662. The van der Waals surface area contributed by atoms with Gasteiger partial charge in [-0.05, 0) is 35.6 Å². The van der Waals surface area contributed by atoms with Gasteiger partial charge in [-0.25, -0.2) is 4.79 Å². The quantitative estimate of drug-likeness (QED) is 0.696. The minimum absolute atomic E-state index is 0.241. The van der Waals surface area contributed by atoms with Crippen LogP contribution in [0.15, 0.2) is 29.6 Å². The molecule has 1 aromatic heterocycles. The van der Waals surface area contributed by atoms with Crippen LogP contribution in [0.2, 0.25) is 0 Å². The summed E-state index contributed by atoms with van der Waals surface area (Å²) in [4.78, 5) is 24.1. The van der Waals surface area contributed by atoms with Crippen molar-refractivity contribution in [3.8, 4) is 17.6 Å². The van der Waals surface area contributed by atoms with E-state index in [2.05, 4.69) is 5.32 Å². The predicted octanol–water partition coefficient (Wildman–Crippen LogP) is 3.46. The van der Waals surface area contributed by atoms with Gasteiger partial charge in [0.1, 0.15) is 11.1 Å². The van der Waals surface area contributed by atoms with Gasteiger partial charge in [0.05, 0.1) is 24.8 Å². The highest BCUT2D eigenvalue weighted by Gasteiger charge is 2.15. The number of nitrogens with zero attached hydrogens (tertiary/aromatic N) is 1. The molecular formula is C19H20N2O5S. The highest BCUT2D eigenvalue weighted by molar-refractivity contribution is 7.14. The third kappa shape index (κ3) is 5.72. The largest absolute Gasteiger partial charge is 0.493 e. The SMILES string of the molecule is COc1cc(C(=O)OCC(=O)Nc2sccc2C#N)ccc1OCC(C)C. The Kier molecular flexibility index (Phi) is 7.20. The van der Waals surface area contributed by atoms with E-state index in [-0.39, 0.29) is 5.56 Å². The number of amides is 1. The number of thiophene rings is 1. The number of nitriles is 1. The molecule has 0 spiro atoms. The van der Waals surface area contributed by atoms with Gasteiger partial charge in [-0.2, -0.15) is 5.26 Å². The van der Waals surface area contributed by atoms with Crippen molar-refractivity contribution in [2.24, 2.45) is 5.92 Å². The fourth-order valence-electron chi connectivity index (χ4n) is 2.04. The summed E-state index contributed by atoms with van der Waals surface area (Å²) in [5, 5.41) is 13.6. The van der Waals surface area contributed by atoms with Gasteiger partial charge in [-0.1, -0.05) is 13.8 Å². The van der Waals surface area contributed by atoms with Crippen LogP contribution in [0.3, 0.4) is 0 Å². The van der Waals surface area contributed by atoms with E-state index < -0.39 is 18.5 Å². The Morgan fingerprint density at radius 2 is 2.04 bits per heavy atom. The lowest BCUT2D eigenvalue weighted by molar-refractivity contribution is -0.119. The summed E-state index contributed by atoms with van der Waals surface area (Å²) in [5.74, 6) is 0.105. The van der Waals surface area contributed by atoms with Gasteiger partial charge < -0.3 is 19.5 Å². The average Bonchev–Trinajstić information content (AvgIpc) is 3.11. The molecule has 0 bridgehead atoms. The van der Waals surface area contributed by atoms with Crippen LogP contribution in [0.1, 0.15) is 29.8 Å². The van der Waals surface area contributed by atoms with Gasteiger partial charge in [-0.3, -0.25) is 4.79 Å². The molecule has 0 saturated carbocycles. The number of hydrogen-bond donors (Lipinski definition) is 1. The summed E-state index contributed by atoms with van der Waals surface area (Å²) in [7, 11) is 1.48. The van der Waals surface area contributed by atoms with E-state index in [4.69, 9.17) is 19.5 Å². The molecule has 2 rings (SSSR count). The van der Waals surface area contributed by atoms with Crippen LogP contribution in [0, 0.1) is 17.2 Å². The van der Waals surface area contributed by atoms with E-state index in [1.54, 1.807) is 23.6 Å². The number of carbonyl (C=O) groups excluding carboxylic acids is 2. The number of anilines is 1. The molecule has 1 aromatic carbocycles. The number of nitrogens with one attached hydrogen (secondary N) is 1. The Morgan fingerprint density at radius 3 is 2.70 bits per heavy atom. The van der Waals surface area contributed by atoms with Crippen LogP contribution in [0.5, 0.6) is 11.5 Å². The lowest BCUT2D eigenvalue weighted by Crippen LogP contribution is -2.20. The molecule has 1 N–H and O–H groups in total. The summed E-state index contributed by atoms with van der Waals surface area (Å²) >= 11 is 1.22. The molecule has 7 nitrogen and oxygen atoms in total. The summed E-state index contributed by atoms with van der Waals surface area (Å²) in [6, 6.07) is 8.25. The summed E-state index contributed by atoms with van der Waals surface area (Å²) in [6.45, 7) is 4.11. The molecule has 1 amide bonds. The van der Waals surface area contributed by atoms with E-state index >= 15 is 0 Å². The maximum atomic E-state index is 12.2. The van der Waals surface area contributed by atoms with Crippen molar-refractivity contribution in [2.45, 2.75) is 13.8 Å². The molecular weight excluding hydrogens is 368 g/mol. The molecule has 27 heavy (non-hydrogen) atoms. The van der Waals surface area contributed by atoms with Gasteiger partial charge >= 0.3 is 5.97 Å². The third-order valence-electron chi connectivity index (χ3n) is 3.34. The maximum absolute atomic E-state index is 12.2. The number of benzene rings is 1. The lowest BCUT2D eigenvalue weighted by atomic mass is 10.2. The highest BCUT2D eigenvalue weighted by atomic mass is 32.1. The molecule has 0 aliphatic carbocycles. The number of carbonyl (C=O) groups is 2. The monoisotopic (exact) mass is 388 g/mol. The molecule has 0 fully saturated rings. The van der Waals surface area contributed by atoms with Gasteiger partial charge in [-0.15, -0.1) is 11.3 Å². The Bertz CT molecular complexity index is 854. The van der Waals surface area contributed by atoms with E-state index in [1.807, 2.05) is 19.9 Å². The Morgan fingerprint density at radius 1 is 1.26 bits per heavy atom. The molecule has 142 valence electrons. The zero-order chi connectivity index (χ0) is 19.8. The standard InChI is InChI=1S/C19H20N2O5S/c1-12(2)10-25-15-5-4-13(8-16(15)24-3)19(23)26-11-17(22)21-18-14(9-20)6-7-27-18/h4-8,12H,10-11H2,1-3H3,(H,21,22). The lowest BCUT2D eigenvalue weighted by Gasteiger charge is -2.13. The summed E-state index contributed by atoms with van der Waals surface area (Å²) in [5.41, 5.74) is 0.604. The van der Waals surface area contributed by atoms with Crippen LogP contribution in [0.25, 0.3) is 0 Å². The molecule has 0 unspecified atom stereocenters. The number of rotatable bonds is 8. The second-order valence-corrected chi connectivity index (χ2v) is 6.89. The van der Waals surface area contributed by atoms with E-state index in [9.17, 15) is 9.59 Å². The van der Waals surface area contributed by atoms with Gasteiger partial charge in [0.25, 0.3) is 5.91 Å². The first-order valence-corrected chi connectivity index (χ1v) is 9.08. The second kappa shape index (κ2) is 9.59. The molecule has 2 aromatic rings. The normalized spacial score (nSPS) is 10.2. The van der Waals surface area contributed by atoms with Crippen molar-refractivity contribution >= 4 is 28.2 Å². The molecule has 1 heterocycles. The van der Waals surface area contributed by atoms with Crippen molar-refractivity contribution in [1.29, 1.82) is 5.26 Å². The number of ether oxygens (including phenoxy) is 3. The third-order valence-corrected chi connectivity index (χ3v) is 4.17. The van der Waals surface area contributed by atoms with Gasteiger partial charge in [0.2, 0.25) is 0 Å². The van der Waals surface area contributed by atoms with Crippen LogP contribution >= 0.6 is 11.3 Å². The average molecular weight is 388 g/mol. The zero-order valence-corrected chi connectivity index (χ0v) is 16.1. The fraction of sp³-hybridized carbons (Fsp3) is 0.316. The van der Waals surface area contributed by atoms with E-state index in [0.717, 1.165) is 0 Å². The van der Waals surface area contributed by atoms with Crippen molar-refractivity contribution < 1.29 is 23.8 Å². The number of hydrogen-bond acceptors (Lipinski definition) is 7. The number of esters is 1. The van der Waals surface area contributed by atoms with Gasteiger partial charge in [0.15, 0.2) is 18.1 Å². The summed E-state index contributed by atoms with van der Waals surface area (Å²) in [6.07, 6.45) is 0.